The van der Waals surface area contributed by atoms with E-state index in [1.807, 2.05) is 35.9 Å². The molecule has 2 unspecified atom stereocenters. The summed E-state index contributed by atoms with van der Waals surface area (Å²) in [6.45, 7) is 7.23. The van der Waals surface area contributed by atoms with Crippen LogP contribution in [0.5, 0.6) is 0 Å². The highest BCUT2D eigenvalue weighted by Gasteiger charge is 2.35. The zero-order valence-corrected chi connectivity index (χ0v) is 23.8. The lowest BCUT2D eigenvalue weighted by Crippen LogP contribution is -2.57. The Bertz CT molecular complexity index is 1530. The third kappa shape index (κ3) is 4.81. The van der Waals surface area contributed by atoms with Crippen LogP contribution in [0.4, 0.5) is 5.69 Å². The van der Waals surface area contributed by atoms with Gasteiger partial charge in [0.25, 0.3) is 0 Å². The second-order valence-corrected chi connectivity index (χ2v) is 11.8. The van der Waals surface area contributed by atoms with Gasteiger partial charge in [-0.3, -0.25) is 4.90 Å². The summed E-state index contributed by atoms with van der Waals surface area (Å²) in [5, 5.41) is 15.9. The maximum absolute atomic E-state index is 11.6. The number of anilines is 1. The Morgan fingerprint density at radius 2 is 1.79 bits per heavy atom. The Balaban J connectivity index is 1.21. The number of aromatic nitrogens is 2. The predicted octanol–water partition coefficient (Wildman–Crippen LogP) is 6.86. The maximum Gasteiger partial charge on any atom is 0.337 e. The zero-order chi connectivity index (χ0) is 27.4. The minimum atomic E-state index is -0.902. The monoisotopic (exact) mass is 566 g/mol. The van der Waals surface area contributed by atoms with E-state index < -0.39 is 5.97 Å². The zero-order valence-electron chi connectivity index (χ0n) is 22.3. The van der Waals surface area contributed by atoms with Gasteiger partial charge in [0.05, 0.1) is 21.1 Å². The van der Waals surface area contributed by atoms with E-state index in [9.17, 15) is 9.90 Å². The fourth-order valence-electron chi connectivity index (χ4n) is 6.25. The molecule has 3 heterocycles. The van der Waals surface area contributed by atoms with Crippen molar-refractivity contribution in [2.45, 2.75) is 51.1 Å². The van der Waals surface area contributed by atoms with Gasteiger partial charge in [-0.15, -0.1) is 0 Å². The predicted molar refractivity (Wildman–Crippen MR) is 155 cm³/mol. The number of rotatable bonds is 7. The number of fused-ring (bicyclic) bond motifs is 1. The number of nitrogens with zero attached hydrogens (tertiary/aromatic N) is 4. The van der Waals surface area contributed by atoms with Gasteiger partial charge in [-0.1, -0.05) is 34.4 Å². The number of hydrogen-bond acceptors (Lipinski definition) is 5. The summed E-state index contributed by atoms with van der Waals surface area (Å²) in [6.07, 6.45) is 4.76. The molecule has 2 aliphatic rings. The van der Waals surface area contributed by atoms with Crippen molar-refractivity contribution in [3.63, 3.8) is 0 Å². The molecule has 0 bridgehead atoms. The summed E-state index contributed by atoms with van der Waals surface area (Å²) in [5.41, 5.74) is 5.02. The van der Waals surface area contributed by atoms with E-state index in [-0.39, 0.29) is 12.1 Å². The number of halogens is 2. The number of aromatic carboxylic acids is 1. The SMILES string of the molecule is CC1CN(CCc2c(-c3c(Cl)cccc3Cl)noc2C2CC2)CC(C)N1c1ccc2c(C(=O)O)cn(C)c2c1. The highest BCUT2D eigenvalue weighted by atomic mass is 35.5. The number of piperazine rings is 1. The fourth-order valence-corrected chi connectivity index (χ4v) is 6.82. The lowest BCUT2D eigenvalue weighted by atomic mass is 10.00. The van der Waals surface area contributed by atoms with E-state index in [1.165, 1.54) is 0 Å². The lowest BCUT2D eigenvalue weighted by molar-refractivity contribution is 0.0699. The van der Waals surface area contributed by atoms with Gasteiger partial charge in [0.2, 0.25) is 0 Å². The highest BCUT2D eigenvalue weighted by Crippen LogP contribution is 2.46. The van der Waals surface area contributed by atoms with Gasteiger partial charge in [0, 0.05) is 73.1 Å². The molecule has 9 heteroatoms. The summed E-state index contributed by atoms with van der Waals surface area (Å²) in [6, 6.07) is 12.2. The fraction of sp³-hybridized carbons (Fsp3) is 0.400. The number of hydrogen-bond donors (Lipinski definition) is 1. The topological polar surface area (TPSA) is 74.7 Å². The summed E-state index contributed by atoms with van der Waals surface area (Å²) >= 11 is 13.1. The van der Waals surface area contributed by atoms with E-state index in [1.54, 1.807) is 6.20 Å². The smallest absolute Gasteiger partial charge is 0.337 e. The minimum absolute atomic E-state index is 0.285. The number of carboxylic acids is 1. The Kier molecular flexibility index (Phi) is 6.86. The molecule has 39 heavy (non-hydrogen) atoms. The normalized spacial score (nSPS) is 20.2. The van der Waals surface area contributed by atoms with Gasteiger partial charge in [0.15, 0.2) is 0 Å². The largest absolute Gasteiger partial charge is 0.478 e. The first-order valence-electron chi connectivity index (χ1n) is 13.5. The van der Waals surface area contributed by atoms with Crippen LogP contribution in [0.3, 0.4) is 0 Å². The molecule has 0 spiro atoms. The molecular weight excluding hydrogens is 535 g/mol. The van der Waals surface area contributed by atoms with Crippen LogP contribution >= 0.6 is 23.2 Å². The summed E-state index contributed by atoms with van der Waals surface area (Å²) in [4.78, 5) is 16.6. The van der Waals surface area contributed by atoms with Gasteiger partial charge >= 0.3 is 5.97 Å². The second kappa shape index (κ2) is 10.2. The molecule has 2 fully saturated rings. The van der Waals surface area contributed by atoms with Crippen LogP contribution in [-0.2, 0) is 13.5 Å². The molecule has 0 radical (unpaired) electrons. The third-order valence-electron chi connectivity index (χ3n) is 8.14. The summed E-state index contributed by atoms with van der Waals surface area (Å²) in [5.74, 6) is 0.518. The number of carboxylic acid groups (broad SMARTS) is 1. The van der Waals surface area contributed by atoms with Crippen LogP contribution in [0.2, 0.25) is 10.0 Å². The maximum atomic E-state index is 11.6. The molecule has 1 N–H and O–H groups in total. The van der Waals surface area contributed by atoms with Gasteiger partial charge in [-0.2, -0.15) is 0 Å². The molecule has 2 atom stereocenters. The first-order chi connectivity index (χ1) is 18.7. The van der Waals surface area contributed by atoms with Crippen molar-refractivity contribution >= 4 is 45.8 Å². The van der Waals surface area contributed by atoms with Crippen molar-refractivity contribution in [2.75, 3.05) is 24.5 Å². The molecule has 7 nitrogen and oxygen atoms in total. The van der Waals surface area contributed by atoms with Crippen LogP contribution in [0, 0.1) is 0 Å². The second-order valence-electron chi connectivity index (χ2n) is 11.0. The van der Waals surface area contributed by atoms with Crippen molar-refractivity contribution in [3.05, 3.63) is 69.5 Å². The molecule has 2 aromatic heterocycles. The van der Waals surface area contributed by atoms with E-state index in [0.29, 0.717) is 21.5 Å². The van der Waals surface area contributed by atoms with Crippen LogP contribution in [-0.4, -0.2) is 57.4 Å². The first kappa shape index (κ1) is 26.2. The molecule has 1 aliphatic heterocycles. The number of carbonyl (C=O) groups is 1. The van der Waals surface area contributed by atoms with E-state index in [0.717, 1.165) is 78.1 Å². The highest BCUT2D eigenvalue weighted by molar-refractivity contribution is 6.39. The van der Waals surface area contributed by atoms with Crippen molar-refractivity contribution in [1.82, 2.24) is 14.6 Å². The molecular formula is C30H32Cl2N4O3. The van der Waals surface area contributed by atoms with Crippen molar-refractivity contribution in [3.8, 4) is 11.3 Å². The van der Waals surface area contributed by atoms with Crippen molar-refractivity contribution in [1.29, 1.82) is 0 Å². The molecule has 1 saturated carbocycles. The van der Waals surface area contributed by atoms with Crippen LogP contribution in [0.15, 0.2) is 47.1 Å². The van der Waals surface area contributed by atoms with Crippen molar-refractivity contribution < 1.29 is 14.4 Å². The van der Waals surface area contributed by atoms with Gasteiger partial charge < -0.3 is 19.1 Å². The van der Waals surface area contributed by atoms with Gasteiger partial charge in [-0.05, 0) is 63.4 Å². The Morgan fingerprint density at radius 3 is 2.44 bits per heavy atom. The molecule has 204 valence electrons. The van der Waals surface area contributed by atoms with E-state index >= 15 is 0 Å². The van der Waals surface area contributed by atoms with Gasteiger partial charge in [-0.25, -0.2) is 4.79 Å². The standard InChI is InChI=1S/C30H32Cl2N4O3/c1-17-14-35(15-18(2)36(17)20-9-10-21-23(30(37)38)16-34(3)26(21)13-20)12-11-22-28(33-39-29(22)19-7-8-19)27-24(31)5-4-6-25(27)32/h4-6,9-10,13,16-19H,7-8,11-12,14-15H2,1-3H3,(H,37,38). The molecule has 2 aromatic carbocycles. The Labute approximate surface area is 237 Å². The van der Waals surface area contributed by atoms with Crippen LogP contribution in [0.25, 0.3) is 22.2 Å². The van der Waals surface area contributed by atoms with Gasteiger partial charge in [0.1, 0.15) is 11.5 Å². The van der Waals surface area contributed by atoms with Crippen LogP contribution < -0.4 is 4.90 Å². The molecule has 1 saturated heterocycles. The number of benzene rings is 2. The number of aryl methyl sites for hydroxylation is 1. The molecule has 4 aromatic rings. The van der Waals surface area contributed by atoms with Crippen molar-refractivity contribution in [2.24, 2.45) is 7.05 Å². The minimum Gasteiger partial charge on any atom is -0.478 e. The Hall–Kier alpha value is -3.00. The third-order valence-corrected chi connectivity index (χ3v) is 8.77. The van der Waals surface area contributed by atoms with E-state index in [4.69, 9.17) is 27.7 Å². The average Bonchev–Trinajstić information content (AvgIpc) is 3.56. The van der Waals surface area contributed by atoms with E-state index in [2.05, 4.69) is 40.9 Å². The van der Waals surface area contributed by atoms with Crippen LogP contribution in [0.1, 0.15) is 54.3 Å². The average molecular weight is 568 g/mol. The summed E-state index contributed by atoms with van der Waals surface area (Å²) < 4.78 is 7.77. The molecule has 6 rings (SSSR count). The summed E-state index contributed by atoms with van der Waals surface area (Å²) in [7, 11) is 1.90. The lowest BCUT2D eigenvalue weighted by Gasteiger charge is -2.46. The first-order valence-corrected chi connectivity index (χ1v) is 14.2. The molecule has 1 aliphatic carbocycles. The Morgan fingerprint density at radius 1 is 1.10 bits per heavy atom. The molecule has 0 amide bonds. The quantitative estimate of drug-likeness (QED) is 0.263.